The standard InChI is InChI=1S/C19H17FN4O3/c20-12-3-4-15-14(10-12)17(25)16(19(26)27)18(23-8-6-21-7-9-23)24(15)13-2-1-5-22-11-13/h1-5,10-11,21H,6-9H2,(H,26,27). The Bertz CT molecular complexity index is 1080. The van der Waals surface area contributed by atoms with E-state index >= 15 is 0 Å². The first-order valence-electron chi connectivity index (χ1n) is 8.55. The highest BCUT2D eigenvalue weighted by Gasteiger charge is 2.27. The lowest BCUT2D eigenvalue weighted by Gasteiger charge is -2.33. The van der Waals surface area contributed by atoms with Crippen molar-refractivity contribution >= 4 is 22.7 Å². The van der Waals surface area contributed by atoms with Crippen molar-refractivity contribution in [3.05, 3.63) is 64.3 Å². The van der Waals surface area contributed by atoms with Crippen molar-refractivity contribution in [1.82, 2.24) is 14.9 Å². The lowest BCUT2D eigenvalue weighted by molar-refractivity contribution is 0.0695. The zero-order valence-electron chi connectivity index (χ0n) is 14.4. The molecule has 4 rings (SSSR count). The van der Waals surface area contributed by atoms with Crippen LogP contribution in [-0.2, 0) is 0 Å². The van der Waals surface area contributed by atoms with Crippen molar-refractivity contribution in [3.63, 3.8) is 0 Å². The quantitative estimate of drug-likeness (QED) is 0.731. The highest BCUT2D eigenvalue weighted by Crippen LogP contribution is 2.29. The average molecular weight is 368 g/mol. The summed E-state index contributed by atoms with van der Waals surface area (Å²) in [6.07, 6.45) is 3.20. The maximum atomic E-state index is 13.8. The number of carboxylic acids is 1. The number of rotatable bonds is 3. The SMILES string of the molecule is O=C(O)c1c(N2CCNCC2)n(-c2cccnc2)c2ccc(F)cc2c1=O. The van der Waals surface area contributed by atoms with Crippen LogP contribution in [0.5, 0.6) is 0 Å². The number of aromatic carboxylic acids is 1. The van der Waals surface area contributed by atoms with Gasteiger partial charge in [0.05, 0.1) is 17.4 Å². The fourth-order valence-corrected chi connectivity index (χ4v) is 3.46. The lowest BCUT2D eigenvalue weighted by Crippen LogP contribution is -2.46. The number of pyridine rings is 2. The van der Waals surface area contributed by atoms with Crippen molar-refractivity contribution in [2.45, 2.75) is 0 Å². The van der Waals surface area contributed by atoms with Crippen LogP contribution in [0, 0.1) is 5.82 Å². The van der Waals surface area contributed by atoms with Gasteiger partial charge >= 0.3 is 5.97 Å². The van der Waals surface area contributed by atoms with Crippen molar-refractivity contribution < 1.29 is 14.3 Å². The van der Waals surface area contributed by atoms with Crippen LogP contribution in [0.15, 0.2) is 47.5 Å². The zero-order chi connectivity index (χ0) is 19.0. The van der Waals surface area contributed by atoms with Gasteiger partial charge in [-0.15, -0.1) is 0 Å². The summed E-state index contributed by atoms with van der Waals surface area (Å²) in [5.41, 5.74) is -0.0115. The second-order valence-corrected chi connectivity index (χ2v) is 6.28. The van der Waals surface area contributed by atoms with Gasteiger partial charge in [0.1, 0.15) is 17.2 Å². The van der Waals surface area contributed by atoms with Crippen LogP contribution in [0.25, 0.3) is 16.6 Å². The number of halogens is 1. The molecule has 1 saturated heterocycles. The lowest BCUT2D eigenvalue weighted by atomic mass is 10.1. The molecule has 0 unspecified atom stereocenters. The van der Waals surface area contributed by atoms with Crippen LogP contribution in [0.2, 0.25) is 0 Å². The molecule has 2 N–H and O–H groups in total. The molecule has 0 spiro atoms. The predicted molar refractivity (Wildman–Crippen MR) is 99.3 cm³/mol. The first-order chi connectivity index (χ1) is 13.1. The zero-order valence-corrected chi connectivity index (χ0v) is 14.4. The average Bonchev–Trinajstić information content (AvgIpc) is 2.69. The largest absolute Gasteiger partial charge is 0.477 e. The van der Waals surface area contributed by atoms with Gasteiger partial charge in [-0.1, -0.05) is 0 Å². The van der Waals surface area contributed by atoms with Gasteiger partial charge in [0.25, 0.3) is 0 Å². The summed E-state index contributed by atoms with van der Waals surface area (Å²) in [5.74, 6) is -1.64. The van der Waals surface area contributed by atoms with E-state index in [0.29, 0.717) is 43.2 Å². The van der Waals surface area contributed by atoms with Gasteiger partial charge in [-0.25, -0.2) is 9.18 Å². The van der Waals surface area contributed by atoms with E-state index < -0.39 is 17.2 Å². The van der Waals surface area contributed by atoms with Gasteiger partial charge in [-0.2, -0.15) is 0 Å². The van der Waals surface area contributed by atoms with Crippen LogP contribution < -0.4 is 15.6 Å². The van der Waals surface area contributed by atoms with Crippen molar-refractivity contribution in [2.24, 2.45) is 0 Å². The van der Waals surface area contributed by atoms with E-state index in [1.807, 2.05) is 4.90 Å². The third-order valence-corrected chi connectivity index (χ3v) is 4.64. The molecule has 0 aliphatic carbocycles. The Labute approximate surface area is 153 Å². The highest BCUT2D eigenvalue weighted by atomic mass is 19.1. The maximum Gasteiger partial charge on any atom is 0.343 e. The highest BCUT2D eigenvalue weighted by molar-refractivity contribution is 5.99. The van der Waals surface area contributed by atoms with E-state index in [1.54, 1.807) is 29.1 Å². The number of benzene rings is 1. The Hall–Kier alpha value is -3.26. The summed E-state index contributed by atoms with van der Waals surface area (Å²) in [7, 11) is 0. The van der Waals surface area contributed by atoms with Crippen LogP contribution in [-0.4, -0.2) is 46.8 Å². The number of hydrogen-bond acceptors (Lipinski definition) is 5. The number of aromatic nitrogens is 2. The third kappa shape index (κ3) is 2.93. The van der Waals surface area contributed by atoms with E-state index in [9.17, 15) is 19.1 Å². The van der Waals surface area contributed by atoms with E-state index in [-0.39, 0.29) is 10.9 Å². The number of piperazine rings is 1. The smallest absolute Gasteiger partial charge is 0.343 e. The molecule has 7 nitrogen and oxygen atoms in total. The molecule has 1 aliphatic rings. The second kappa shape index (κ2) is 6.81. The minimum Gasteiger partial charge on any atom is -0.477 e. The molecule has 0 amide bonds. The van der Waals surface area contributed by atoms with Crippen LogP contribution in [0.4, 0.5) is 10.2 Å². The Morgan fingerprint density at radius 2 is 2.00 bits per heavy atom. The Morgan fingerprint density at radius 1 is 1.22 bits per heavy atom. The van der Waals surface area contributed by atoms with E-state index in [1.165, 1.54) is 12.1 Å². The van der Waals surface area contributed by atoms with Crippen molar-refractivity contribution in [3.8, 4) is 5.69 Å². The molecular weight excluding hydrogens is 351 g/mol. The number of fused-ring (bicyclic) bond motifs is 1. The summed E-state index contributed by atoms with van der Waals surface area (Å²) >= 11 is 0. The minimum absolute atomic E-state index is 0.0233. The van der Waals surface area contributed by atoms with Crippen molar-refractivity contribution in [1.29, 1.82) is 0 Å². The fourth-order valence-electron chi connectivity index (χ4n) is 3.46. The molecule has 3 aromatic rings. The van der Waals surface area contributed by atoms with Crippen LogP contribution in [0.3, 0.4) is 0 Å². The molecule has 1 fully saturated rings. The number of nitrogens with zero attached hydrogens (tertiary/aromatic N) is 3. The molecule has 138 valence electrons. The first-order valence-corrected chi connectivity index (χ1v) is 8.55. The van der Waals surface area contributed by atoms with E-state index in [4.69, 9.17) is 0 Å². The van der Waals surface area contributed by atoms with Gasteiger partial charge < -0.3 is 15.3 Å². The molecule has 0 atom stereocenters. The second-order valence-electron chi connectivity index (χ2n) is 6.28. The molecule has 3 heterocycles. The molecule has 0 saturated carbocycles. The monoisotopic (exact) mass is 368 g/mol. The summed E-state index contributed by atoms with van der Waals surface area (Å²) in [6.45, 7) is 2.43. The third-order valence-electron chi connectivity index (χ3n) is 4.64. The Balaban J connectivity index is 2.17. The van der Waals surface area contributed by atoms with Crippen molar-refractivity contribution in [2.75, 3.05) is 31.1 Å². The van der Waals surface area contributed by atoms with Gasteiger partial charge in [0.15, 0.2) is 0 Å². The Kier molecular flexibility index (Phi) is 4.33. The minimum atomic E-state index is -1.34. The summed E-state index contributed by atoms with van der Waals surface area (Å²) in [4.78, 5) is 31.0. The van der Waals surface area contributed by atoms with E-state index in [2.05, 4.69) is 10.3 Å². The van der Waals surface area contributed by atoms with Crippen LogP contribution in [0.1, 0.15) is 10.4 Å². The van der Waals surface area contributed by atoms with Crippen LogP contribution >= 0.6 is 0 Å². The topological polar surface area (TPSA) is 87.5 Å². The summed E-state index contributed by atoms with van der Waals surface area (Å²) < 4.78 is 15.5. The number of hydrogen-bond donors (Lipinski definition) is 2. The predicted octanol–water partition coefficient (Wildman–Crippen LogP) is 1.63. The molecule has 1 aliphatic heterocycles. The molecule has 27 heavy (non-hydrogen) atoms. The number of nitrogens with one attached hydrogen (secondary N) is 1. The van der Waals surface area contributed by atoms with Gasteiger partial charge in [0.2, 0.25) is 5.43 Å². The molecule has 2 aromatic heterocycles. The number of anilines is 1. The summed E-state index contributed by atoms with van der Waals surface area (Å²) in [6, 6.07) is 7.34. The van der Waals surface area contributed by atoms with Gasteiger partial charge in [0, 0.05) is 37.8 Å². The number of carboxylic acid groups (broad SMARTS) is 1. The molecule has 1 aromatic carbocycles. The van der Waals surface area contributed by atoms with Gasteiger partial charge in [-0.3, -0.25) is 14.3 Å². The summed E-state index contributed by atoms with van der Waals surface area (Å²) in [5, 5.41) is 13.0. The molecular formula is C19H17FN4O3. The number of carbonyl (C=O) groups is 1. The fraction of sp³-hybridized carbons (Fsp3) is 0.211. The Morgan fingerprint density at radius 3 is 2.67 bits per heavy atom. The molecule has 8 heteroatoms. The van der Waals surface area contributed by atoms with E-state index in [0.717, 1.165) is 6.07 Å². The maximum absolute atomic E-state index is 13.8. The molecule has 0 bridgehead atoms. The first kappa shape index (κ1) is 17.2. The van der Waals surface area contributed by atoms with Gasteiger partial charge in [-0.05, 0) is 30.3 Å². The normalized spacial score (nSPS) is 14.5. The molecule has 0 radical (unpaired) electrons.